The van der Waals surface area contributed by atoms with Crippen molar-refractivity contribution in [3.05, 3.63) is 56.3 Å². The van der Waals surface area contributed by atoms with Gasteiger partial charge in [0, 0.05) is 11.1 Å². The van der Waals surface area contributed by atoms with Crippen LogP contribution in [0.5, 0.6) is 0 Å². The van der Waals surface area contributed by atoms with Gasteiger partial charge in [0.05, 0.1) is 18.8 Å². The Morgan fingerprint density at radius 2 is 2.07 bits per heavy atom. The summed E-state index contributed by atoms with van der Waals surface area (Å²) in [5, 5.41) is 26.9. The molecule has 228 valence electrons. The normalized spacial score (nSPS) is 18.3. The molecule has 0 unspecified atom stereocenters. The molecule has 21 heteroatoms. The van der Waals surface area contributed by atoms with E-state index >= 15 is 0 Å². The van der Waals surface area contributed by atoms with E-state index in [9.17, 15) is 24.7 Å². The smallest absolute Gasteiger partial charge is 0.352 e. The first-order valence-electron chi connectivity index (χ1n) is 12.5. The number of thioether (sulfide) groups is 1. The fraction of sp³-hybridized carbons (Fsp3) is 0.217. The Morgan fingerprint density at radius 3 is 2.75 bits per heavy atom. The van der Waals surface area contributed by atoms with Crippen molar-refractivity contribution in [2.24, 2.45) is 21.6 Å². The van der Waals surface area contributed by atoms with Crippen LogP contribution in [0.15, 0.2) is 51.5 Å². The Balaban J connectivity index is 1.19. The van der Waals surface area contributed by atoms with Gasteiger partial charge in [0.1, 0.15) is 44.9 Å². The highest BCUT2D eigenvalue weighted by Gasteiger charge is 2.54. The van der Waals surface area contributed by atoms with Gasteiger partial charge in [-0.05, 0) is 5.57 Å². The standard InChI is InChI=1S/C23H21ClN12O5S3/c24-17-13(31-23(27)44-17)14(32-41)18(37)30-15-19(38)36-16(21(39)40)9(7-43-20(15)36)5-34-2-1-12-33(3-4-35(12)34)6-11-28-10(8-42-11)29-22(25)26/h1-4,8,15,20H,5-7H2,(H8-,25,26,27,29,30,31,37,39,40,41)/p+1/t15-,20-/m1/s1. The van der Waals surface area contributed by atoms with Crippen LogP contribution in [0.1, 0.15) is 10.7 Å². The van der Waals surface area contributed by atoms with Crippen molar-refractivity contribution in [1.29, 1.82) is 0 Å². The summed E-state index contributed by atoms with van der Waals surface area (Å²) < 4.78 is 5.69. The summed E-state index contributed by atoms with van der Waals surface area (Å²) in [7, 11) is 0. The molecule has 4 aromatic heterocycles. The van der Waals surface area contributed by atoms with Gasteiger partial charge >= 0.3 is 11.6 Å². The quantitative estimate of drug-likeness (QED) is 0.0336. The predicted octanol–water partition coefficient (Wildman–Crippen LogP) is -0.253. The fourth-order valence-corrected chi connectivity index (χ4v) is 7.85. The highest BCUT2D eigenvalue weighted by Crippen LogP contribution is 2.41. The van der Waals surface area contributed by atoms with Gasteiger partial charge in [0.25, 0.3) is 11.8 Å². The number of nitrogen functional groups attached to an aromatic ring is 1. The lowest BCUT2D eigenvalue weighted by molar-refractivity contribution is -0.661. The minimum Gasteiger partial charge on any atom is -0.477 e. The third kappa shape index (κ3) is 5.20. The summed E-state index contributed by atoms with van der Waals surface area (Å²) in [4.78, 5) is 51.8. The second-order valence-electron chi connectivity index (χ2n) is 9.42. The SMILES string of the molecule is NC(N)=Nc1csc(C[n+]2ccn3c2ccn3CC2=C(C(=O)O)N3C(=O)[C@@H](NC(=O)/C(=N\O)c4nc(N)sc4Cl)[C@H]3SC2)n1. The summed E-state index contributed by atoms with van der Waals surface area (Å²) >= 11 is 9.64. The van der Waals surface area contributed by atoms with Crippen molar-refractivity contribution in [2.45, 2.75) is 24.5 Å². The number of nitrogens with two attached hydrogens (primary N) is 3. The highest BCUT2D eigenvalue weighted by molar-refractivity contribution is 8.00. The molecule has 0 bridgehead atoms. The number of carbonyl (C=O) groups is 3. The minimum absolute atomic E-state index is 0.0345. The maximum atomic E-state index is 13.2. The zero-order valence-corrected chi connectivity index (χ0v) is 25.4. The van der Waals surface area contributed by atoms with Crippen molar-refractivity contribution >= 4 is 92.1 Å². The molecule has 0 spiro atoms. The molecule has 1 saturated heterocycles. The molecule has 9 N–H and O–H groups in total. The predicted molar refractivity (Wildman–Crippen MR) is 162 cm³/mol. The number of rotatable bonds is 9. The number of β-lactam (4-membered cyclic amide) rings is 1. The number of aromatic nitrogens is 5. The molecule has 0 radical (unpaired) electrons. The molecule has 44 heavy (non-hydrogen) atoms. The number of hydrogen-bond donors (Lipinski definition) is 6. The van der Waals surface area contributed by atoms with Crippen molar-refractivity contribution in [2.75, 3.05) is 11.5 Å². The molecule has 17 nitrogen and oxygen atoms in total. The Hall–Kier alpha value is -4.66. The van der Waals surface area contributed by atoms with Crippen LogP contribution in [0.4, 0.5) is 10.9 Å². The van der Waals surface area contributed by atoms with Crippen LogP contribution in [0.2, 0.25) is 4.34 Å². The molecular formula is C23H22ClN12O5S3+. The number of anilines is 1. The van der Waals surface area contributed by atoms with Gasteiger partial charge in [0.15, 0.2) is 28.8 Å². The van der Waals surface area contributed by atoms with Crippen molar-refractivity contribution in [3.8, 4) is 0 Å². The number of fused-ring (bicyclic) bond motifs is 2. The first-order valence-corrected chi connectivity index (χ1v) is 15.6. The monoisotopic (exact) mass is 677 g/mol. The third-order valence-corrected chi connectivity index (χ3v) is 9.95. The summed E-state index contributed by atoms with van der Waals surface area (Å²) in [5.74, 6) is -2.16. The van der Waals surface area contributed by atoms with Gasteiger partial charge in [-0.25, -0.2) is 24.0 Å². The molecule has 2 aliphatic rings. The number of carboxylic acid groups (broad SMARTS) is 1. The van der Waals surface area contributed by atoms with Crippen LogP contribution in [0.3, 0.4) is 0 Å². The van der Waals surface area contributed by atoms with Crippen LogP contribution in [0.25, 0.3) is 5.65 Å². The largest absolute Gasteiger partial charge is 0.477 e. The molecule has 6 heterocycles. The van der Waals surface area contributed by atoms with Crippen LogP contribution < -0.4 is 27.1 Å². The lowest BCUT2D eigenvalue weighted by atomic mass is 10.0. The number of carboxylic acids is 1. The van der Waals surface area contributed by atoms with E-state index < -0.39 is 34.9 Å². The zero-order chi connectivity index (χ0) is 31.3. The van der Waals surface area contributed by atoms with Crippen molar-refractivity contribution in [1.82, 2.24) is 29.4 Å². The van der Waals surface area contributed by atoms with Crippen LogP contribution >= 0.6 is 46.0 Å². The zero-order valence-electron chi connectivity index (χ0n) is 22.2. The second kappa shape index (κ2) is 11.4. The first-order chi connectivity index (χ1) is 21.0. The van der Waals surface area contributed by atoms with E-state index in [4.69, 9.17) is 28.8 Å². The second-order valence-corrected chi connectivity index (χ2v) is 13.1. The number of hydrogen-bond acceptors (Lipinski definition) is 12. The number of guanidine groups is 1. The topological polar surface area (TPSA) is 249 Å². The van der Waals surface area contributed by atoms with E-state index in [1.807, 2.05) is 38.4 Å². The number of aliphatic imine (C=N–C) groups is 1. The minimum atomic E-state index is -1.27. The summed E-state index contributed by atoms with van der Waals surface area (Å²) in [6, 6.07) is 0.822. The van der Waals surface area contributed by atoms with Gasteiger partial charge < -0.3 is 32.8 Å². The Bertz CT molecular complexity index is 1920. The van der Waals surface area contributed by atoms with E-state index in [1.54, 1.807) is 5.38 Å². The molecule has 2 aliphatic heterocycles. The number of halogens is 1. The van der Waals surface area contributed by atoms with E-state index in [-0.39, 0.29) is 39.1 Å². The molecular weight excluding hydrogens is 656 g/mol. The van der Waals surface area contributed by atoms with Gasteiger partial charge in [-0.2, -0.15) is 4.99 Å². The van der Waals surface area contributed by atoms with E-state index in [0.717, 1.165) is 26.9 Å². The van der Waals surface area contributed by atoms with Crippen LogP contribution in [-0.4, -0.2) is 81.0 Å². The van der Waals surface area contributed by atoms with E-state index in [1.165, 1.54) is 23.1 Å². The molecule has 1 fully saturated rings. The van der Waals surface area contributed by atoms with E-state index in [2.05, 4.69) is 25.4 Å². The van der Waals surface area contributed by atoms with E-state index in [0.29, 0.717) is 17.9 Å². The Labute approximate surface area is 263 Å². The van der Waals surface area contributed by atoms with Crippen LogP contribution in [0, 0.1) is 0 Å². The fourth-order valence-electron chi connectivity index (χ4n) is 4.88. The molecule has 0 aromatic carbocycles. The summed E-state index contributed by atoms with van der Waals surface area (Å²) in [5.41, 5.74) is 17.0. The average Bonchev–Trinajstić information content (AvgIpc) is 3.75. The molecule has 2 atom stereocenters. The number of oxime groups is 1. The Kier molecular flexibility index (Phi) is 7.65. The molecule has 0 aliphatic carbocycles. The number of nitrogens with one attached hydrogen (secondary N) is 1. The lowest BCUT2D eigenvalue weighted by Gasteiger charge is -2.49. The summed E-state index contributed by atoms with van der Waals surface area (Å²) in [6.07, 6.45) is 5.52. The van der Waals surface area contributed by atoms with Gasteiger partial charge in [-0.1, -0.05) is 28.1 Å². The highest BCUT2D eigenvalue weighted by atomic mass is 35.5. The Morgan fingerprint density at radius 1 is 1.27 bits per heavy atom. The third-order valence-electron chi connectivity index (χ3n) is 6.71. The van der Waals surface area contributed by atoms with Gasteiger partial charge in [-0.15, -0.1) is 27.6 Å². The average molecular weight is 678 g/mol. The van der Waals surface area contributed by atoms with Crippen molar-refractivity contribution in [3.63, 3.8) is 0 Å². The number of thiazole rings is 2. The molecule has 6 rings (SSSR count). The van der Waals surface area contributed by atoms with Crippen molar-refractivity contribution < 1.29 is 29.3 Å². The maximum Gasteiger partial charge on any atom is 0.352 e. The van der Waals surface area contributed by atoms with Gasteiger partial charge in [-0.3, -0.25) is 14.5 Å². The number of aliphatic carboxylic acids is 1. The summed E-state index contributed by atoms with van der Waals surface area (Å²) in [6.45, 7) is 0.656. The number of amides is 2. The maximum absolute atomic E-state index is 13.2. The number of nitrogens with zero attached hydrogens (tertiary/aromatic N) is 8. The molecule has 2 amide bonds. The van der Waals surface area contributed by atoms with Gasteiger partial charge in [0.2, 0.25) is 0 Å². The molecule has 0 saturated carbocycles. The number of carbonyl (C=O) groups excluding carboxylic acids is 2. The lowest BCUT2D eigenvalue weighted by Crippen LogP contribution is -2.71. The number of imidazole rings is 1. The first kappa shape index (κ1) is 29.4. The van der Waals surface area contributed by atoms with Crippen LogP contribution in [-0.2, 0) is 27.5 Å². The molecule has 4 aromatic rings.